The SMILES string of the molecule is CSCCC1[NH2+]C(C(=O)O)CS1.[Cl-]. The van der Waals surface area contributed by atoms with Crippen LogP contribution in [0.15, 0.2) is 0 Å². The molecule has 1 heterocycles. The summed E-state index contributed by atoms with van der Waals surface area (Å²) >= 11 is 3.59. The summed E-state index contributed by atoms with van der Waals surface area (Å²) < 4.78 is 0. The van der Waals surface area contributed by atoms with Crippen LogP contribution in [0.2, 0.25) is 0 Å². The van der Waals surface area contributed by atoms with Gasteiger partial charge in [-0.15, -0.1) is 0 Å². The minimum absolute atomic E-state index is 0. The molecule has 6 heteroatoms. The lowest BCUT2D eigenvalue weighted by atomic mass is 10.3. The lowest BCUT2D eigenvalue weighted by molar-refractivity contribution is -0.679. The van der Waals surface area contributed by atoms with Crippen molar-refractivity contribution in [1.82, 2.24) is 0 Å². The Balaban J connectivity index is 0.00000144. The lowest BCUT2D eigenvalue weighted by Gasteiger charge is -2.05. The highest BCUT2D eigenvalue weighted by Gasteiger charge is 2.33. The maximum absolute atomic E-state index is 10.6. The number of rotatable bonds is 4. The molecule has 1 saturated heterocycles. The molecule has 0 aromatic heterocycles. The Morgan fingerprint density at radius 1 is 1.77 bits per heavy atom. The first kappa shape index (κ1) is 13.4. The van der Waals surface area contributed by atoms with Gasteiger partial charge in [-0.05, 0) is 12.0 Å². The smallest absolute Gasteiger partial charge is 0.363 e. The molecule has 3 N–H and O–H groups in total. The highest BCUT2D eigenvalue weighted by molar-refractivity contribution is 8.00. The van der Waals surface area contributed by atoms with Gasteiger partial charge in [0.05, 0.1) is 5.75 Å². The number of quaternary nitrogens is 1. The fourth-order valence-corrected chi connectivity index (χ4v) is 3.10. The zero-order chi connectivity index (χ0) is 8.97. The van der Waals surface area contributed by atoms with Crippen LogP contribution < -0.4 is 17.7 Å². The van der Waals surface area contributed by atoms with Gasteiger partial charge in [-0.1, -0.05) is 11.8 Å². The fraction of sp³-hybridized carbons (Fsp3) is 0.857. The molecule has 0 aromatic rings. The van der Waals surface area contributed by atoms with Crippen LogP contribution in [0.4, 0.5) is 0 Å². The quantitative estimate of drug-likeness (QED) is 0.547. The van der Waals surface area contributed by atoms with Crippen molar-refractivity contribution < 1.29 is 27.6 Å². The number of carbonyl (C=O) groups is 1. The lowest BCUT2D eigenvalue weighted by Crippen LogP contribution is -3.00. The van der Waals surface area contributed by atoms with E-state index in [1.807, 2.05) is 17.1 Å². The van der Waals surface area contributed by atoms with Gasteiger partial charge in [0.2, 0.25) is 0 Å². The Bertz CT molecular complexity index is 171. The van der Waals surface area contributed by atoms with E-state index < -0.39 is 5.97 Å². The predicted molar refractivity (Wildman–Crippen MR) is 52.6 cm³/mol. The third-order valence-corrected chi connectivity index (χ3v) is 3.88. The van der Waals surface area contributed by atoms with Gasteiger partial charge in [0, 0.05) is 6.42 Å². The standard InChI is InChI=1S/C7H13NO2S2.ClH/c1-11-3-2-6-8-5(4-12-6)7(9)10;/h5-6,8H,2-4H2,1H3,(H,9,10);1H. The van der Waals surface area contributed by atoms with Crippen molar-refractivity contribution in [3.8, 4) is 0 Å². The van der Waals surface area contributed by atoms with Crippen molar-refractivity contribution in [2.45, 2.75) is 17.8 Å². The molecule has 13 heavy (non-hydrogen) atoms. The number of aliphatic carboxylic acids is 1. The number of carboxylic acids is 1. The molecular weight excluding hydrogens is 230 g/mol. The molecule has 0 amide bonds. The van der Waals surface area contributed by atoms with E-state index in [9.17, 15) is 4.79 Å². The molecule has 1 aliphatic rings. The summed E-state index contributed by atoms with van der Waals surface area (Å²) in [5, 5.41) is 11.2. The molecule has 1 fully saturated rings. The number of hydrogen-bond donors (Lipinski definition) is 2. The average molecular weight is 244 g/mol. The van der Waals surface area contributed by atoms with E-state index in [-0.39, 0.29) is 18.4 Å². The normalized spacial score (nSPS) is 26.8. The molecule has 78 valence electrons. The summed E-state index contributed by atoms with van der Waals surface area (Å²) in [5.74, 6) is 1.21. The van der Waals surface area contributed by atoms with Crippen LogP contribution >= 0.6 is 23.5 Å². The topological polar surface area (TPSA) is 53.9 Å². The maximum Gasteiger partial charge on any atom is 0.363 e. The summed E-state index contributed by atoms with van der Waals surface area (Å²) in [6, 6.07) is -0.207. The largest absolute Gasteiger partial charge is 1.00 e. The molecule has 2 atom stereocenters. The Morgan fingerprint density at radius 3 is 2.92 bits per heavy atom. The van der Waals surface area contributed by atoms with Crippen LogP contribution in [0.5, 0.6) is 0 Å². The van der Waals surface area contributed by atoms with Crippen LogP contribution in [0.1, 0.15) is 6.42 Å². The van der Waals surface area contributed by atoms with E-state index in [0.717, 1.165) is 17.9 Å². The summed E-state index contributed by atoms with van der Waals surface area (Å²) in [6.45, 7) is 0. The van der Waals surface area contributed by atoms with Crippen LogP contribution in [0, 0.1) is 0 Å². The zero-order valence-corrected chi connectivity index (χ0v) is 9.79. The van der Waals surface area contributed by atoms with E-state index >= 15 is 0 Å². The predicted octanol–water partition coefficient (Wildman–Crippen LogP) is -3.17. The van der Waals surface area contributed by atoms with Gasteiger partial charge in [-0.2, -0.15) is 11.8 Å². The van der Waals surface area contributed by atoms with Crippen molar-refractivity contribution in [2.75, 3.05) is 17.8 Å². The second kappa shape index (κ2) is 6.81. The van der Waals surface area contributed by atoms with Gasteiger partial charge in [0.1, 0.15) is 5.37 Å². The fourth-order valence-electron chi connectivity index (χ4n) is 1.16. The van der Waals surface area contributed by atoms with Crippen molar-refractivity contribution >= 4 is 29.5 Å². The van der Waals surface area contributed by atoms with Crippen molar-refractivity contribution in [3.05, 3.63) is 0 Å². The average Bonchev–Trinajstić information content (AvgIpc) is 2.48. The molecular formula is C7H14ClNO2S2. The van der Waals surface area contributed by atoms with E-state index in [2.05, 4.69) is 6.26 Å². The molecule has 0 radical (unpaired) electrons. The van der Waals surface area contributed by atoms with E-state index in [1.54, 1.807) is 11.8 Å². The minimum atomic E-state index is -0.672. The minimum Gasteiger partial charge on any atom is -1.00 e. The highest BCUT2D eigenvalue weighted by atomic mass is 35.5. The first-order valence-corrected chi connectivity index (χ1v) is 6.36. The number of thioether (sulfide) groups is 2. The third-order valence-electron chi connectivity index (χ3n) is 1.86. The summed E-state index contributed by atoms with van der Waals surface area (Å²) in [4.78, 5) is 10.6. The van der Waals surface area contributed by atoms with Gasteiger partial charge in [0.15, 0.2) is 6.04 Å². The van der Waals surface area contributed by atoms with Crippen LogP contribution in [-0.2, 0) is 4.79 Å². The van der Waals surface area contributed by atoms with Gasteiger partial charge < -0.3 is 22.8 Å². The first-order chi connectivity index (χ1) is 5.74. The van der Waals surface area contributed by atoms with Crippen molar-refractivity contribution in [3.63, 3.8) is 0 Å². The summed E-state index contributed by atoms with van der Waals surface area (Å²) in [7, 11) is 0. The van der Waals surface area contributed by atoms with Crippen LogP contribution in [-0.4, -0.2) is 40.3 Å². The monoisotopic (exact) mass is 243 g/mol. The molecule has 0 aliphatic carbocycles. The Kier molecular flexibility index (Phi) is 7.03. The van der Waals surface area contributed by atoms with Crippen LogP contribution in [0.25, 0.3) is 0 Å². The van der Waals surface area contributed by atoms with E-state index in [4.69, 9.17) is 5.11 Å². The van der Waals surface area contributed by atoms with E-state index in [0.29, 0.717) is 5.37 Å². The van der Waals surface area contributed by atoms with Gasteiger partial charge in [0.25, 0.3) is 0 Å². The Morgan fingerprint density at radius 2 is 2.46 bits per heavy atom. The molecule has 0 aromatic carbocycles. The molecule has 1 rings (SSSR count). The first-order valence-electron chi connectivity index (χ1n) is 3.92. The molecule has 0 spiro atoms. The molecule has 3 nitrogen and oxygen atoms in total. The Labute approximate surface area is 92.8 Å². The molecule has 1 aliphatic heterocycles. The second-order valence-corrected chi connectivity index (χ2v) is 5.05. The van der Waals surface area contributed by atoms with E-state index in [1.165, 1.54) is 0 Å². The third kappa shape index (κ3) is 4.44. The second-order valence-electron chi connectivity index (χ2n) is 2.79. The number of hydrogen-bond acceptors (Lipinski definition) is 3. The summed E-state index contributed by atoms with van der Waals surface area (Å²) in [6.07, 6.45) is 3.18. The Hall–Kier alpha value is 0.420. The van der Waals surface area contributed by atoms with Crippen molar-refractivity contribution in [2.24, 2.45) is 0 Å². The van der Waals surface area contributed by atoms with Gasteiger partial charge >= 0.3 is 5.97 Å². The molecule has 0 bridgehead atoms. The zero-order valence-electron chi connectivity index (χ0n) is 7.40. The number of halogens is 1. The van der Waals surface area contributed by atoms with Crippen LogP contribution in [0.3, 0.4) is 0 Å². The van der Waals surface area contributed by atoms with Crippen molar-refractivity contribution in [1.29, 1.82) is 0 Å². The maximum atomic E-state index is 10.6. The van der Waals surface area contributed by atoms with Gasteiger partial charge in [-0.3, -0.25) is 0 Å². The molecule has 2 unspecified atom stereocenters. The molecule has 0 saturated carbocycles. The van der Waals surface area contributed by atoms with Gasteiger partial charge in [-0.25, -0.2) is 4.79 Å². The summed E-state index contributed by atoms with van der Waals surface area (Å²) in [5.41, 5.74) is 0. The highest BCUT2D eigenvalue weighted by Crippen LogP contribution is 2.16. The number of carboxylic acid groups (broad SMARTS) is 1. The number of nitrogens with two attached hydrogens (primary N) is 1.